The molecule has 2 aromatic heterocycles. The molecule has 8 heteroatoms. The van der Waals surface area contributed by atoms with Gasteiger partial charge in [0.05, 0.1) is 11.3 Å². The van der Waals surface area contributed by atoms with Crippen molar-refractivity contribution < 1.29 is 13.2 Å². The molecule has 0 spiro atoms. The molecule has 0 amide bonds. The molecule has 5 nitrogen and oxygen atoms in total. The summed E-state index contributed by atoms with van der Waals surface area (Å²) >= 11 is 0. The van der Waals surface area contributed by atoms with Gasteiger partial charge in [-0.3, -0.25) is 4.57 Å². The molecule has 0 aliphatic carbocycles. The number of rotatable bonds is 1. The molecule has 0 saturated heterocycles. The van der Waals surface area contributed by atoms with Crippen molar-refractivity contribution in [2.24, 2.45) is 0 Å². The van der Waals surface area contributed by atoms with Crippen LogP contribution in [0.4, 0.5) is 13.2 Å². The molecule has 0 atom stereocenters. The fourth-order valence-electron chi connectivity index (χ4n) is 2.73. The van der Waals surface area contributed by atoms with E-state index in [2.05, 4.69) is 10.1 Å². The van der Waals surface area contributed by atoms with E-state index in [1.165, 1.54) is 13.8 Å². The number of nitrogens with zero attached hydrogens (tertiary/aromatic N) is 4. The number of pyridine rings is 1. The first-order valence-corrected chi connectivity index (χ1v) is 7.03. The van der Waals surface area contributed by atoms with Gasteiger partial charge in [-0.15, -0.1) is 5.10 Å². The van der Waals surface area contributed by atoms with Crippen molar-refractivity contribution in [3.8, 4) is 5.82 Å². The summed E-state index contributed by atoms with van der Waals surface area (Å²) in [6.45, 7) is 3.38. The van der Waals surface area contributed by atoms with Gasteiger partial charge in [-0.05, 0) is 38.3 Å². The summed E-state index contributed by atoms with van der Waals surface area (Å²) < 4.78 is 41.4. The van der Waals surface area contributed by atoms with Crippen molar-refractivity contribution in [2.75, 3.05) is 0 Å². The minimum absolute atomic E-state index is 0.161. The van der Waals surface area contributed by atoms with Gasteiger partial charge in [-0.1, -0.05) is 0 Å². The Morgan fingerprint density at radius 2 is 1.95 bits per heavy atom. The maximum Gasteiger partial charge on any atom is 0.418 e. The first-order chi connectivity index (χ1) is 10.3. The van der Waals surface area contributed by atoms with E-state index < -0.39 is 11.7 Å². The van der Waals surface area contributed by atoms with Gasteiger partial charge in [0.2, 0.25) is 0 Å². The Labute approximate surface area is 124 Å². The van der Waals surface area contributed by atoms with E-state index in [9.17, 15) is 18.0 Å². The lowest BCUT2D eigenvalue weighted by atomic mass is 10.1. The highest BCUT2D eigenvalue weighted by Crippen LogP contribution is 2.32. The fraction of sp³-hybridized carbons (Fsp3) is 0.500. The maximum atomic E-state index is 12.9. The van der Waals surface area contributed by atoms with Crippen LogP contribution in [0.5, 0.6) is 0 Å². The topological polar surface area (TPSA) is 52.7 Å². The molecule has 2 aromatic rings. The molecule has 1 aliphatic rings. The fourth-order valence-corrected chi connectivity index (χ4v) is 2.73. The van der Waals surface area contributed by atoms with Crippen molar-refractivity contribution in [3.63, 3.8) is 0 Å². The zero-order valence-electron chi connectivity index (χ0n) is 12.2. The maximum absolute atomic E-state index is 12.9. The Bertz CT molecular complexity index is 789. The van der Waals surface area contributed by atoms with Crippen molar-refractivity contribution >= 4 is 0 Å². The quantitative estimate of drug-likeness (QED) is 0.812. The van der Waals surface area contributed by atoms with E-state index in [0.717, 1.165) is 23.6 Å². The van der Waals surface area contributed by atoms with Gasteiger partial charge in [0.25, 0.3) is 0 Å². The molecule has 3 heterocycles. The largest absolute Gasteiger partial charge is 0.418 e. The van der Waals surface area contributed by atoms with Crippen molar-refractivity contribution in [1.29, 1.82) is 0 Å². The van der Waals surface area contributed by atoms with E-state index in [1.54, 1.807) is 4.57 Å². The van der Waals surface area contributed by atoms with Crippen LogP contribution in [0.15, 0.2) is 10.9 Å². The Kier molecular flexibility index (Phi) is 3.34. The predicted molar refractivity (Wildman–Crippen MR) is 73.0 cm³/mol. The van der Waals surface area contributed by atoms with Crippen molar-refractivity contribution in [3.05, 3.63) is 39.2 Å². The Balaban J connectivity index is 2.16. The van der Waals surface area contributed by atoms with Gasteiger partial charge >= 0.3 is 11.9 Å². The van der Waals surface area contributed by atoms with Gasteiger partial charge in [0, 0.05) is 13.0 Å². The second kappa shape index (κ2) is 4.96. The van der Waals surface area contributed by atoms with Crippen molar-refractivity contribution in [2.45, 2.75) is 45.8 Å². The lowest BCUT2D eigenvalue weighted by Crippen LogP contribution is -2.27. The van der Waals surface area contributed by atoms with Crippen LogP contribution in [0.1, 0.15) is 35.5 Å². The van der Waals surface area contributed by atoms with E-state index >= 15 is 0 Å². The van der Waals surface area contributed by atoms with Crippen LogP contribution in [-0.2, 0) is 19.1 Å². The van der Waals surface area contributed by atoms with E-state index in [1.807, 2.05) is 0 Å². The summed E-state index contributed by atoms with van der Waals surface area (Å²) in [5.74, 6) is 0.826. The number of hydrogen-bond acceptors (Lipinski definition) is 3. The van der Waals surface area contributed by atoms with Crippen LogP contribution in [0, 0.1) is 13.8 Å². The third-order valence-electron chi connectivity index (χ3n) is 3.85. The molecular formula is C14H15F3N4O. The molecule has 0 N–H and O–H groups in total. The average molecular weight is 312 g/mol. The lowest BCUT2D eigenvalue weighted by molar-refractivity contribution is -0.138. The minimum atomic E-state index is -4.46. The van der Waals surface area contributed by atoms with Crippen LogP contribution in [0.3, 0.4) is 0 Å². The Morgan fingerprint density at radius 1 is 1.23 bits per heavy atom. The molecule has 0 radical (unpaired) electrons. The van der Waals surface area contributed by atoms with Crippen LogP contribution >= 0.6 is 0 Å². The number of hydrogen-bond donors (Lipinski definition) is 0. The van der Waals surface area contributed by atoms with Crippen LogP contribution in [-0.4, -0.2) is 19.3 Å². The van der Waals surface area contributed by atoms with Gasteiger partial charge in [-0.25, -0.2) is 9.78 Å². The van der Waals surface area contributed by atoms with Crippen LogP contribution < -0.4 is 5.69 Å². The average Bonchev–Trinajstić information content (AvgIpc) is 2.77. The first-order valence-electron chi connectivity index (χ1n) is 7.03. The molecule has 0 saturated carbocycles. The number of alkyl halides is 3. The minimum Gasteiger partial charge on any atom is -0.279 e. The number of fused-ring (bicyclic) bond motifs is 1. The molecule has 0 bridgehead atoms. The standard InChI is InChI=1S/C14H15F3N4O/c1-8-7-10(14(15,16)17)9(2)18-12(8)21-13(22)20-6-4-3-5-11(20)19-21/h7H,3-6H2,1-2H3. The van der Waals surface area contributed by atoms with Gasteiger partial charge < -0.3 is 0 Å². The summed E-state index contributed by atoms with van der Waals surface area (Å²) in [5.41, 5.74) is -1.02. The van der Waals surface area contributed by atoms with E-state index in [0.29, 0.717) is 18.8 Å². The molecule has 3 rings (SSSR count). The molecular weight excluding hydrogens is 297 g/mol. The monoisotopic (exact) mass is 312 g/mol. The van der Waals surface area contributed by atoms with Crippen molar-refractivity contribution in [1.82, 2.24) is 19.3 Å². The van der Waals surface area contributed by atoms with Gasteiger partial charge in [0.1, 0.15) is 5.82 Å². The molecule has 0 fully saturated rings. The van der Waals surface area contributed by atoms with Crippen LogP contribution in [0.25, 0.3) is 5.82 Å². The zero-order valence-corrected chi connectivity index (χ0v) is 12.2. The zero-order chi connectivity index (χ0) is 16.1. The van der Waals surface area contributed by atoms with E-state index in [4.69, 9.17) is 0 Å². The van der Waals surface area contributed by atoms with Crippen LogP contribution in [0.2, 0.25) is 0 Å². The van der Waals surface area contributed by atoms with E-state index in [-0.39, 0.29) is 22.8 Å². The summed E-state index contributed by atoms with van der Waals surface area (Å²) in [4.78, 5) is 16.3. The second-order valence-electron chi connectivity index (χ2n) is 5.48. The Hall–Kier alpha value is -2.12. The number of aryl methyl sites for hydroxylation is 3. The SMILES string of the molecule is Cc1cc(C(F)(F)F)c(C)nc1-n1nc2n(c1=O)CCCC2. The normalized spacial score (nSPS) is 15.0. The number of aromatic nitrogens is 4. The third kappa shape index (κ3) is 2.32. The summed E-state index contributed by atoms with van der Waals surface area (Å²) in [6, 6.07) is 1.02. The molecule has 1 aliphatic heterocycles. The van der Waals surface area contributed by atoms with Gasteiger partial charge in [-0.2, -0.15) is 17.9 Å². The Morgan fingerprint density at radius 3 is 2.59 bits per heavy atom. The lowest BCUT2D eigenvalue weighted by Gasteiger charge is -2.12. The summed E-state index contributed by atoms with van der Waals surface area (Å²) in [5, 5.41) is 4.24. The highest BCUT2D eigenvalue weighted by molar-refractivity contribution is 5.39. The smallest absolute Gasteiger partial charge is 0.279 e. The highest BCUT2D eigenvalue weighted by Gasteiger charge is 2.34. The molecule has 22 heavy (non-hydrogen) atoms. The molecule has 0 aromatic carbocycles. The number of halogens is 3. The second-order valence-corrected chi connectivity index (χ2v) is 5.48. The first kappa shape index (κ1) is 14.8. The predicted octanol–water partition coefficient (Wildman–Crippen LogP) is 2.40. The third-order valence-corrected chi connectivity index (χ3v) is 3.85. The molecule has 0 unspecified atom stereocenters. The molecule has 118 valence electrons. The summed E-state index contributed by atoms with van der Waals surface area (Å²) in [6.07, 6.45) is -1.91. The summed E-state index contributed by atoms with van der Waals surface area (Å²) in [7, 11) is 0. The highest BCUT2D eigenvalue weighted by atomic mass is 19.4. The van der Waals surface area contributed by atoms with Gasteiger partial charge in [0.15, 0.2) is 5.82 Å².